The van der Waals surface area contributed by atoms with Crippen molar-refractivity contribution in [2.45, 2.75) is 49.5 Å². The molecule has 1 unspecified atom stereocenters. The Hall–Kier alpha value is -5.11. The molecule has 0 saturated heterocycles. The summed E-state index contributed by atoms with van der Waals surface area (Å²) in [5.41, 5.74) is 5.93. The predicted molar refractivity (Wildman–Crippen MR) is 168 cm³/mol. The number of para-hydroxylation sites is 1. The zero-order chi connectivity index (χ0) is 29.7. The third-order valence-electron chi connectivity index (χ3n) is 9.21. The summed E-state index contributed by atoms with van der Waals surface area (Å²) in [6.07, 6.45) is 13.3. The number of pyridine rings is 2. The summed E-state index contributed by atoms with van der Waals surface area (Å²) < 4.78 is 7.87. The smallest absolute Gasteiger partial charge is 0.233 e. The SMILES string of the molecule is CC(COc1ccccn1)NC(=O)C1(c2ccc(-c3cnc4ncc(C5(c6cccc7cccnc67)CC5)n4c3)cc2)CC1. The third kappa shape index (κ3) is 4.49. The lowest BCUT2D eigenvalue weighted by atomic mass is 9.90. The molecule has 2 saturated carbocycles. The van der Waals surface area contributed by atoms with Gasteiger partial charge in [0, 0.05) is 47.2 Å². The minimum absolute atomic E-state index is 0.0474. The monoisotopic (exact) mass is 580 g/mol. The molecule has 0 spiro atoms. The largest absolute Gasteiger partial charge is 0.475 e. The standard InChI is InChI=1S/C36H32N6O2/c1-24(23-44-31-9-2-3-18-37-31)41-33(43)35(14-15-35)28-12-10-25(11-13-28)27-20-39-34-40-21-30(42(34)22-27)36(16-17-36)29-8-4-6-26-7-5-19-38-32(26)29/h2-13,18-22,24H,14-17,23H2,1H3,(H,41,43). The highest BCUT2D eigenvalue weighted by Crippen LogP contribution is 2.55. The van der Waals surface area contributed by atoms with Crippen molar-refractivity contribution in [2.75, 3.05) is 6.61 Å². The van der Waals surface area contributed by atoms with Crippen molar-refractivity contribution in [3.63, 3.8) is 0 Å². The number of benzene rings is 2. The average Bonchev–Trinajstić information content (AvgIpc) is 4.01. The first-order valence-corrected chi connectivity index (χ1v) is 15.2. The maximum absolute atomic E-state index is 13.4. The van der Waals surface area contributed by atoms with Gasteiger partial charge in [0.2, 0.25) is 17.6 Å². The van der Waals surface area contributed by atoms with Gasteiger partial charge in [-0.1, -0.05) is 54.6 Å². The first kappa shape index (κ1) is 26.5. The lowest BCUT2D eigenvalue weighted by Gasteiger charge is -2.20. The summed E-state index contributed by atoms with van der Waals surface area (Å²) in [5.74, 6) is 1.29. The normalized spacial score (nSPS) is 16.8. The van der Waals surface area contributed by atoms with E-state index in [-0.39, 0.29) is 17.4 Å². The van der Waals surface area contributed by atoms with Crippen molar-refractivity contribution in [2.24, 2.45) is 0 Å². The lowest BCUT2D eigenvalue weighted by Crippen LogP contribution is -2.42. The molecule has 1 N–H and O–H groups in total. The van der Waals surface area contributed by atoms with E-state index in [0.29, 0.717) is 18.3 Å². The molecule has 8 nitrogen and oxygen atoms in total. The van der Waals surface area contributed by atoms with E-state index < -0.39 is 5.41 Å². The van der Waals surface area contributed by atoms with Crippen molar-refractivity contribution in [3.8, 4) is 17.0 Å². The molecule has 4 aromatic heterocycles. The fraction of sp³-hybridized carbons (Fsp3) is 0.250. The molecule has 2 fully saturated rings. The number of fused-ring (bicyclic) bond motifs is 2. The number of ether oxygens (including phenoxy) is 1. The van der Waals surface area contributed by atoms with Crippen LogP contribution in [0, 0.1) is 0 Å². The van der Waals surface area contributed by atoms with Gasteiger partial charge in [-0.25, -0.2) is 15.0 Å². The second kappa shape index (κ2) is 10.3. The molecular formula is C36H32N6O2. The molecule has 2 aliphatic carbocycles. The van der Waals surface area contributed by atoms with E-state index in [4.69, 9.17) is 14.7 Å². The molecule has 218 valence electrons. The quantitative estimate of drug-likeness (QED) is 0.224. The Morgan fingerprint density at radius 2 is 1.66 bits per heavy atom. The van der Waals surface area contributed by atoms with Gasteiger partial charge in [0.15, 0.2) is 0 Å². The fourth-order valence-corrected chi connectivity index (χ4v) is 6.46. The summed E-state index contributed by atoms with van der Waals surface area (Å²) in [6.45, 7) is 2.32. The molecule has 8 rings (SSSR count). The number of aromatic nitrogens is 5. The van der Waals surface area contributed by atoms with Crippen molar-refractivity contribution in [1.29, 1.82) is 0 Å². The number of nitrogens with one attached hydrogen (secondary N) is 1. The van der Waals surface area contributed by atoms with Crippen LogP contribution in [0.5, 0.6) is 5.88 Å². The number of carbonyl (C=O) groups excluding carboxylic acids is 1. The van der Waals surface area contributed by atoms with Crippen molar-refractivity contribution < 1.29 is 9.53 Å². The highest BCUT2D eigenvalue weighted by molar-refractivity contribution is 5.91. The second-order valence-electron chi connectivity index (χ2n) is 12.1. The maximum Gasteiger partial charge on any atom is 0.233 e. The van der Waals surface area contributed by atoms with Crippen LogP contribution >= 0.6 is 0 Å². The summed E-state index contributed by atoms with van der Waals surface area (Å²) in [6, 6.07) is 24.3. The van der Waals surface area contributed by atoms with Crippen molar-refractivity contribution in [3.05, 3.63) is 121 Å². The minimum Gasteiger partial charge on any atom is -0.475 e. The first-order valence-electron chi connectivity index (χ1n) is 15.2. The first-order chi connectivity index (χ1) is 21.6. The van der Waals surface area contributed by atoms with Crippen LogP contribution in [0.25, 0.3) is 27.8 Å². The summed E-state index contributed by atoms with van der Waals surface area (Å²) in [7, 11) is 0. The number of rotatable bonds is 9. The second-order valence-corrected chi connectivity index (χ2v) is 12.1. The third-order valence-corrected chi connectivity index (χ3v) is 9.21. The number of imidazole rings is 1. The van der Waals surface area contributed by atoms with Crippen LogP contribution in [0.4, 0.5) is 0 Å². The Balaban J connectivity index is 1.03. The molecule has 8 heteroatoms. The molecule has 1 atom stereocenters. The van der Waals surface area contributed by atoms with Crippen LogP contribution in [-0.4, -0.2) is 42.9 Å². The van der Waals surface area contributed by atoms with Gasteiger partial charge in [-0.15, -0.1) is 0 Å². The number of hydrogen-bond donors (Lipinski definition) is 1. The predicted octanol–water partition coefficient (Wildman–Crippen LogP) is 6.03. The molecule has 2 aliphatic rings. The van der Waals surface area contributed by atoms with Gasteiger partial charge in [0.1, 0.15) is 6.61 Å². The summed E-state index contributed by atoms with van der Waals surface area (Å²) in [4.78, 5) is 31.7. The zero-order valence-electron chi connectivity index (χ0n) is 24.5. The molecule has 1 amide bonds. The minimum atomic E-state index is -0.484. The summed E-state index contributed by atoms with van der Waals surface area (Å²) >= 11 is 0. The van der Waals surface area contributed by atoms with Gasteiger partial charge < -0.3 is 10.1 Å². The van der Waals surface area contributed by atoms with Crippen molar-refractivity contribution >= 4 is 22.6 Å². The highest BCUT2D eigenvalue weighted by atomic mass is 16.5. The van der Waals surface area contributed by atoms with E-state index in [1.807, 2.05) is 49.8 Å². The Morgan fingerprint density at radius 1 is 0.864 bits per heavy atom. The van der Waals surface area contributed by atoms with E-state index in [0.717, 1.165) is 59.0 Å². The summed E-state index contributed by atoms with van der Waals surface area (Å²) in [5, 5.41) is 4.30. The van der Waals surface area contributed by atoms with Gasteiger partial charge in [-0.2, -0.15) is 0 Å². The van der Waals surface area contributed by atoms with E-state index in [9.17, 15) is 4.79 Å². The Labute approximate surface area is 255 Å². The van der Waals surface area contributed by atoms with Gasteiger partial charge >= 0.3 is 0 Å². The molecule has 0 bridgehead atoms. The molecule has 2 aromatic carbocycles. The topological polar surface area (TPSA) is 94.3 Å². The molecule has 0 radical (unpaired) electrons. The van der Waals surface area contributed by atoms with Gasteiger partial charge in [0.05, 0.1) is 28.9 Å². The van der Waals surface area contributed by atoms with Crippen LogP contribution < -0.4 is 10.1 Å². The Kier molecular flexibility index (Phi) is 6.18. The number of hydrogen-bond acceptors (Lipinski definition) is 6. The van der Waals surface area contributed by atoms with E-state index in [1.165, 1.54) is 5.56 Å². The van der Waals surface area contributed by atoms with Crippen molar-refractivity contribution in [1.82, 2.24) is 29.7 Å². The average molecular weight is 581 g/mol. The van der Waals surface area contributed by atoms with Gasteiger partial charge in [-0.05, 0) is 61.4 Å². The van der Waals surface area contributed by atoms with Crippen LogP contribution in [0.15, 0.2) is 104 Å². The Bertz CT molecular complexity index is 1990. The molecule has 0 aliphatic heterocycles. The maximum atomic E-state index is 13.4. The van der Waals surface area contributed by atoms with Crippen LogP contribution in [0.2, 0.25) is 0 Å². The Morgan fingerprint density at radius 3 is 2.43 bits per heavy atom. The van der Waals surface area contributed by atoms with E-state index in [2.05, 4.69) is 74.4 Å². The zero-order valence-corrected chi connectivity index (χ0v) is 24.5. The highest BCUT2D eigenvalue weighted by Gasteiger charge is 2.51. The van der Waals surface area contributed by atoms with E-state index in [1.54, 1.807) is 6.20 Å². The van der Waals surface area contributed by atoms with Gasteiger partial charge in [0.25, 0.3) is 0 Å². The van der Waals surface area contributed by atoms with Crippen LogP contribution in [-0.2, 0) is 15.6 Å². The number of carbonyl (C=O) groups is 1. The molecule has 6 aromatic rings. The molecule has 4 heterocycles. The number of amides is 1. The molecular weight excluding hydrogens is 548 g/mol. The van der Waals surface area contributed by atoms with Crippen LogP contribution in [0.3, 0.4) is 0 Å². The number of nitrogens with zero attached hydrogens (tertiary/aromatic N) is 5. The molecule has 44 heavy (non-hydrogen) atoms. The lowest BCUT2D eigenvalue weighted by molar-refractivity contribution is -0.124. The van der Waals surface area contributed by atoms with E-state index >= 15 is 0 Å². The van der Waals surface area contributed by atoms with Crippen LogP contribution in [0.1, 0.15) is 49.4 Å². The van der Waals surface area contributed by atoms with Gasteiger partial charge in [-0.3, -0.25) is 14.2 Å². The fourth-order valence-electron chi connectivity index (χ4n) is 6.46.